The fourth-order valence-corrected chi connectivity index (χ4v) is 2.97. The Hall–Kier alpha value is -1.42. The van der Waals surface area contributed by atoms with Gasteiger partial charge < -0.3 is 5.11 Å². The molecule has 0 bridgehead atoms. The molecule has 0 heterocycles. The molecule has 0 aromatic heterocycles. The summed E-state index contributed by atoms with van der Waals surface area (Å²) in [5.41, 5.74) is 0.0884. The van der Waals surface area contributed by atoms with Gasteiger partial charge in [-0.15, -0.1) is 0 Å². The van der Waals surface area contributed by atoms with Crippen molar-refractivity contribution in [2.24, 2.45) is 5.92 Å². The molecule has 1 rings (SSSR count). The molecule has 0 aliphatic carbocycles. The van der Waals surface area contributed by atoms with Gasteiger partial charge in [-0.3, -0.25) is 0 Å². The second-order valence-electron chi connectivity index (χ2n) is 4.26. The zero-order valence-corrected chi connectivity index (χ0v) is 11.1. The van der Waals surface area contributed by atoms with E-state index in [1.54, 1.807) is 26.0 Å². The second kappa shape index (κ2) is 5.96. The van der Waals surface area contributed by atoms with Gasteiger partial charge in [0.2, 0.25) is 10.0 Å². The molecule has 0 saturated heterocycles. The van der Waals surface area contributed by atoms with Crippen LogP contribution in [0.1, 0.15) is 19.4 Å². The number of nitrogens with one attached hydrogen (secondary N) is 1. The Morgan fingerprint density at radius 2 is 2.00 bits per heavy atom. The second-order valence-corrected chi connectivity index (χ2v) is 5.94. The molecule has 18 heavy (non-hydrogen) atoms. The van der Waals surface area contributed by atoms with Crippen LogP contribution in [0, 0.1) is 17.2 Å². The van der Waals surface area contributed by atoms with Crippen LogP contribution in [0.4, 0.5) is 0 Å². The molecule has 2 N–H and O–H groups in total. The first kappa shape index (κ1) is 14.6. The van der Waals surface area contributed by atoms with Crippen molar-refractivity contribution in [1.82, 2.24) is 4.72 Å². The van der Waals surface area contributed by atoms with E-state index in [0.717, 1.165) is 0 Å². The highest BCUT2D eigenvalue weighted by Gasteiger charge is 2.23. The SMILES string of the molecule is CC(C)C(CO)NS(=O)(=O)c1ccccc1C#N. The maximum absolute atomic E-state index is 12.1. The lowest BCUT2D eigenvalue weighted by Gasteiger charge is -2.20. The predicted molar refractivity (Wildman–Crippen MR) is 67.2 cm³/mol. The predicted octanol–water partition coefficient (Wildman–Crippen LogP) is 0.853. The normalized spacial score (nSPS) is 13.3. The van der Waals surface area contributed by atoms with Crippen molar-refractivity contribution >= 4 is 10.0 Å². The van der Waals surface area contributed by atoms with Crippen LogP contribution in [-0.2, 0) is 10.0 Å². The molecule has 0 spiro atoms. The van der Waals surface area contributed by atoms with Crippen LogP contribution >= 0.6 is 0 Å². The molecule has 5 nitrogen and oxygen atoms in total. The molecule has 0 radical (unpaired) electrons. The Bertz CT molecular complexity index is 547. The summed E-state index contributed by atoms with van der Waals surface area (Å²) in [6.07, 6.45) is 0. The standard InChI is InChI=1S/C12H16N2O3S/c1-9(2)11(8-15)14-18(16,17)12-6-4-3-5-10(12)7-13/h3-6,9,11,14-15H,8H2,1-2H3. The number of hydrogen-bond donors (Lipinski definition) is 2. The molecular weight excluding hydrogens is 252 g/mol. The molecule has 1 aromatic rings. The van der Waals surface area contributed by atoms with E-state index >= 15 is 0 Å². The summed E-state index contributed by atoms with van der Waals surface area (Å²) in [6.45, 7) is 3.32. The fraction of sp³-hybridized carbons (Fsp3) is 0.417. The van der Waals surface area contributed by atoms with Gasteiger partial charge >= 0.3 is 0 Å². The highest BCUT2D eigenvalue weighted by atomic mass is 32.2. The summed E-state index contributed by atoms with van der Waals surface area (Å²) < 4.78 is 26.6. The van der Waals surface area contributed by atoms with Crippen molar-refractivity contribution < 1.29 is 13.5 Å². The van der Waals surface area contributed by atoms with Crippen molar-refractivity contribution in [3.05, 3.63) is 29.8 Å². The first-order valence-corrected chi connectivity index (χ1v) is 7.03. The number of sulfonamides is 1. The Balaban J connectivity index is 3.11. The van der Waals surface area contributed by atoms with Crippen molar-refractivity contribution in [3.63, 3.8) is 0 Å². The molecule has 1 aromatic carbocycles. The number of aliphatic hydroxyl groups excluding tert-OH is 1. The van der Waals surface area contributed by atoms with Gasteiger partial charge in [-0.25, -0.2) is 13.1 Å². The monoisotopic (exact) mass is 268 g/mol. The first-order valence-electron chi connectivity index (χ1n) is 5.54. The zero-order valence-electron chi connectivity index (χ0n) is 10.3. The topological polar surface area (TPSA) is 90.2 Å². The third-order valence-corrected chi connectivity index (χ3v) is 4.15. The van der Waals surface area contributed by atoms with Crippen molar-refractivity contribution in [2.45, 2.75) is 24.8 Å². The highest BCUT2D eigenvalue weighted by Crippen LogP contribution is 2.15. The summed E-state index contributed by atoms with van der Waals surface area (Å²) in [5, 5.41) is 18.0. The molecule has 0 fully saturated rings. The summed E-state index contributed by atoms with van der Waals surface area (Å²) >= 11 is 0. The molecule has 98 valence electrons. The smallest absolute Gasteiger partial charge is 0.242 e. The van der Waals surface area contributed by atoms with Gasteiger partial charge in [0.1, 0.15) is 6.07 Å². The third-order valence-electron chi connectivity index (χ3n) is 2.60. The lowest BCUT2D eigenvalue weighted by molar-refractivity contribution is 0.227. The maximum atomic E-state index is 12.1. The fourth-order valence-electron chi connectivity index (χ4n) is 1.44. The summed E-state index contributed by atoms with van der Waals surface area (Å²) in [5.74, 6) is -0.0426. The summed E-state index contributed by atoms with van der Waals surface area (Å²) in [4.78, 5) is -0.0633. The Morgan fingerprint density at radius 1 is 1.39 bits per heavy atom. The van der Waals surface area contributed by atoms with E-state index in [4.69, 9.17) is 10.4 Å². The quantitative estimate of drug-likeness (QED) is 0.828. The number of benzene rings is 1. The number of nitriles is 1. The minimum Gasteiger partial charge on any atom is -0.395 e. The Morgan fingerprint density at radius 3 is 2.50 bits per heavy atom. The largest absolute Gasteiger partial charge is 0.395 e. The molecular formula is C12H16N2O3S. The van der Waals surface area contributed by atoms with Crippen molar-refractivity contribution in [3.8, 4) is 6.07 Å². The molecule has 0 aliphatic rings. The molecule has 1 unspecified atom stereocenters. The summed E-state index contributed by atoms with van der Waals surface area (Å²) in [7, 11) is -3.79. The van der Waals surface area contributed by atoms with E-state index in [9.17, 15) is 8.42 Å². The van der Waals surface area contributed by atoms with Crippen molar-refractivity contribution in [1.29, 1.82) is 5.26 Å². The van der Waals surface area contributed by atoms with E-state index in [2.05, 4.69) is 4.72 Å². The van der Waals surface area contributed by atoms with Crippen LogP contribution in [0.3, 0.4) is 0 Å². The Labute approximate surface area is 107 Å². The van der Waals surface area contributed by atoms with Crippen LogP contribution in [0.25, 0.3) is 0 Å². The van der Waals surface area contributed by atoms with E-state index in [1.807, 2.05) is 6.07 Å². The minimum atomic E-state index is -3.79. The van der Waals surface area contributed by atoms with Crippen LogP contribution in [0.2, 0.25) is 0 Å². The van der Waals surface area contributed by atoms with Crippen LogP contribution in [0.15, 0.2) is 29.2 Å². The van der Waals surface area contributed by atoms with Crippen LogP contribution in [-0.4, -0.2) is 26.2 Å². The number of nitrogens with zero attached hydrogens (tertiary/aromatic N) is 1. The molecule has 6 heteroatoms. The van der Waals surface area contributed by atoms with Crippen LogP contribution < -0.4 is 4.72 Å². The highest BCUT2D eigenvalue weighted by molar-refractivity contribution is 7.89. The molecule has 0 aliphatic heterocycles. The van der Waals surface area contributed by atoms with E-state index in [-0.39, 0.29) is 23.0 Å². The van der Waals surface area contributed by atoms with E-state index in [1.165, 1.54) is 12.1 Å². The lowest BCUT2D eigenvalue weighted by atomic mass is 10.1. The van der Waals surface area contributed by atoms with E-state index in [0.29, 0.717) is 0 Å². The number of aliphatic hydroxyl groups is 1. The summed E-state index contributed by atoms with van der Waals surface area (Å²) in [6, 6.07) is 7.24. The van der Waals surface area contributed by atoms with Gasteiger partial charge in [0, 0.05) is 6.04 Å². The van der Waals surface area contributed by atoms with Gasteiger partial charge in [0.05, 0.1) is 17.1 Å². The lowest BCUT2D eigenvalue weighted by Crippen LogP contribution is -2.41. The number of rotatable bonds is 5. The molecule has 1 atom stereocenters. The van der Waals surface area contributed by atoms with Gasteiger partial charge in [0.15, 0.2) is 0 Å². The third kappa shape index (κ3) is 3.29. The molecule has 0 amide bonds. The van der Waals surface area contributed by atoms with Crippen molar-refractivity contribution in [2.75, 3.05) is 6.61 Å². The average molecular weight is 268 g/mol. The van der Waals surface area contributed by atoms with E-state index < -0.39 is 16.1 Å². The average Bonchev–Trinajstić information content (AvgIpc) is 2.35. The van der Waals surface area contributed by atoms with Gasteiger partial charge in [-0.2, -0.15) is 5.26 Å². The Kier molecular flexibility index (Phi) is 4.84. The minimum absolute atomic E-state index is 0.0426. The zero-order chi connectivity index (χ0) is 13.8. The van der Waals surface area contributed by atoms with Gasteiger partial charge in [0.25, 0.3) is 0 Å². The van der Waals surface area contributed by atoms with Gasteiger partial charge in [-0.1, -0.05) is 26.0 Å². The van der Waals surface area contributed by atoms with Gasteiger partial charge in [-0.05, 0) is 18.1 Å². The maximum Gasteiger partial charge on any atom is 0.242 e. The number of hydrogen-bond acceptors (Lipinski definition) is 4. The first-order chi connectivity index (χ1) is 8.42. The van der Waals surface area contributed by atoms with Crippen LogP contribution in [0.5, 0.6) is 0 Å². The molecule has 0 saturated carbocycles.